The molecular weight excluding hydrogens is 182 g/mol. The molecule has 13 heavy (non-hydrogen) atoms. The van der Waals surface area contributed by atoms with Gasteiger partial charge in [0.2, 0.25) is 0 Å². The van der Waals surface area contributed by atoms with E-state index in [2.05, 4.69) is 19.2 Å². The summed E-state index contributed by atoms with van der Waals surface area (Å²) < 4.78 is 0. The van der Waals surface area contributed by atoms with Gasteiger partial charge in [-0.3, -0.25) is 0 Å². The van der Waals surface area contributed by atoms with Crippen LogP contribution in [0.2, 0.25) is 0 Å². The highest BCUT2D eigenvalue weighted by Gasteiger charge is 2.18. The normalized spacial score (nSPS) is 25.4. The lowest BCUT2D eigenvalue weighted by molar-refractivity contribution is 0.207. The van der Waals surface area contributed by atoms with E-state index in [1.165, 1.54) is 17.9 Å². The number of aliphatic hydroxyl groups excluding tert-OH is 1. The van der Waals surface area contributed by atoms with E-state index in [9.17, 15) is 0 Å². The van der Waals surface area contributed by atoms with Crippen molar-refractivity contribution >= 4 is 11.8 Å². The Balaban J connectivity index is 2.15. The summed E-state index contributed by atoms with van der Waals surface area (Å²) in [5.74, 6) is 3.97. The first-order valence-corrected chi connectivity index (χ1v) is 6.31. The quantitative estimate of drug-likeness (QED) is 0.707. The van der Waals surface area contributed by atoms with Gasteiger partial charge < -0.3 is 10.4 Å². The van der Waals surface area contributed by atoms with E-state index < -0.39 is 0 Å². The molecule has 1 heterocycles. The second-order valence-electron chi connectivity index (χ2n) is 4.17. The summed E-state index contributed by atoms with van der Waals surface area (Å²) >= 11 is 2.05. The summed E-state index contributed by atoms with van der Waals surface area (Å²) in [6.07, 6.45) is 1.34. The standard InChI is InChI=1S/C10H21NOS/c1-8(2)10(6-12)11-5-9-3-4-13-7-9/h8-12H,3-7H2,1-2H3. The minimum atomic E-state index is 0.261. The predicted molar refractivity (Wildman–Crippen MR) is 59.1 cm³/mol. The zero-order valence-corrected chi connectivity index (χ0v) is 9.44. The van der Waals surface area contributed by atoms with Crippen molar-refractivity contribution in [1.29, 1.82) is 0 Å². The predicted octanol–water partition coefficient (Wildman–Crippen LogP) is 1.35. The highest BCUT2D eigenvalue weighted by atomic mass is 32.2. The zero-order valence-electron chi connectivity index (χ0n) is 8.62. The van der Waals surface area contributed by atoms with Crippen molar-refractivity contribution in [2.45, 2.75) is 26.3 Å². The molecular formula is C10H21NOS. The topological polar surface area (TPSA) is 32.3 Å². The Labute approximate surface area is 85.5 Å². The third-order valence-corrected chi connectivity index (χ3v) is 3.93. The molecule has 0 aromatic rings. The number of hydrogen-bond acceptors (Lipinski definition) is 3. The molecule has 1 aliphatic rings. The van der Waals surface area contributed by atoms with Crippen LogP contribution in [0.5, 0.6) is 0 Å². The van der Waals surface area contributed by atoms with Gasteiger partial charge in [0.15, 0.2) is 0 Å². The van der Waals surface area contributed by atoms with Crippen LogP contribution in [-0.2, 0) is 0 Å². The van der Waals surface area contributed by atoms with Crippen molar-refractivity contribution in [2.75, 3.05) is 24.7 Å². The molecule has 2 unspecified atom stereocenters. The number of aliphatic hydroxyl groups is 1. The van der Waals surface area contributed by atoms with Crippen LogP contribution in [0, 0.1) is 11.8 Å². The summed E-state index contributed by atoms with van der Waals surface area (Å²) in [6.45, 7) is 5.64. The number of nitrogens with one attached hydrogen (secondary N) is 1. The van der Waals surface area contributed by atoms with E-state index >= 15 is 0 Å². The minimum absolute atomic E-state index is 0.261. The summed E-state index contributed by atoms with van der Waals surface area (Å²) in [4.78, 5) is 0. The van der Waals surface area contributed by atoms with Gasteiger partial charge in [-0.1, -0.05) is 13.8 Å². The maximum absolute atomic E-state index is 9.10. The second kappa shape index (κ2) is 5.89. The number of hydrogen-bond donors (Lipinski definition) is 2. The second-order valence-corrected chi connectivity index (χ2v) is 5.32. The van der Waals surface area contributed by atoms with Crippen LogP contribution in [0.1, 0.15) is 20.3 Å². The van der Waals surface area contributed by atoms with E-state index in [1.54, 1.807) is 0 Å². The molecule has 1 aliphatic heterocycles. The molecule has 2 nitrogen and oxygen atoms in total. The average Bonchev–Trinajstić information content (AvgIpc) is 2.57. The van der Waals surface area contributed by atoms with Crippen molar-refractivity contribution in [3.05, 3.63) is 0 Å². The molecule has 0 bridgehead atoms. The third kappa shape index (κ3) is 3.88. The van der Waals surface area contributed by atoms with E-state index in [0.29, 0.717) is 5.92 Å². The van der Waals surface area contributed by atoms with Gasteiger partial charge in [-0.2, -0.15) is 11.8 Å². The lowest BCUT2D eigenvalue weighted by atomic mass is 10.0. The molecule has 0 amide bonds. The number of thioether (sulfide) groups is 1. The largest absolute Gasteiger partial charge is 0.395 e. The van der Waals surface area contributed by atoms with Crippen LogP contribution in [0.15, 0.2) is 0 Å². The van der Waals surface area contributed by atoms with Gasteiger partial charge in [-0.05, 0) is 36.3 Å². The monoisotopic (exact) mass is 203 g/mol. The van der Waals surface area contributed by atoms with Crippen molar-refractivity contribution < 1.29 is 5.11 Å². The average molecular weight is 203 g/mol. The molecule has 0 saturated carbocycles. The van der Waals surface area contributed by atoms with Crippen molar-refractivity contribution in [1.82, 2.24) is 5.32 Å². The first kappa shape index (κ1) is 11.3. The van der Waals surface area contributed by atoms with E-state index in [1.807, 2.05) is 11.8 Å². The van der Waals surface area contributed by atoms with E-state index in [-0.39, 0.29) is 12.6 Å². The van der Waals surface area contributed by atoms with Crippen molar-refractivity contribution in [2.24, 2.45) is 11.8 Å². The first-order valence-electron chi connectivity index (χ1n) is 5.16. The van der Waals surface area contributed by atoms with Gasteiger partial charge in [-0.15, -0.1) is 0 Å². The van der Waals surface area contributed by atoms with Gasteiger partial charge in [0.25, 0.3) is 0 Å². The van der Waals surface area contributed by atoms with Gasteiger partial charge in [0, 0.05) is 6.04 Å². The molecule has 0 spiro atoms. The Kier molecular flexibility index (Phi) is 5.14. The Hall–Kier alpha value is 0.270. The van der Waals surface area contributed by atoms with Crippen molar-refractivity contribution in [3.8, 4) is 0 Å². The fraction of sp³-hybridized carbons (Fsp3) is 1.00. The lowest BCUT2D eigenvalue weighted by Gasteiger charge is -2.21. The molecule has 0 aromatic carbocycles. The van der Waals surface area contributed by atoms with E-state index in [0.717, 1.165) is 12.5 Å². The third-order valence-electron chi connectivity index (χ3n) is 2.69. The van der Waals surface area contributed by atoms with Crippen LogP contribution in [0.4, 0.5) is 0 Å². The van der Waals surface area contributed by atoms with E-state index in [4.69, 9.17) is 5.11 Å². The number of rotatable bonds is 5. The Bertz CT molecular complexity index is 135. The maximum atomic E-state index is 9.10. The fourth-order valence-electron chi connectivity index (χ4n) is 1.57. The van der Waals surface area contributed by atoms with Crippen LogP contribution in [0.3, 0.4) is 0 Å². The minimum Gasteiger partial charge on any atom is -0.395 e. The molecule has 1 saturated heterocycles. The summed E-state index contributed by atoms with van der Waals surface area (Å²) in [5.41, 5.74) is 0. The van der Waals surface area contributed by atoms with Gasteiger partial charge in [-0.25, -0.2) is 0 Å². The van der Waals surface area contributed by atoms with Gasteiger partial charge in [0.05, 0.1) is 6.61 Å². The van der Waals surface area contributed by atoms with Gasteiger partial charge >= 0.3 is 0 Å². The van der Waals surface area contributed by atoms with Gasteiger partial charge in [0.1, 0.15) is 0 Å². The molecule has 2 atom stereocenters. The molecule has 0 aliphatic carbocycles. The molecule has 3 heteroatoms. The van der Waals surface area contributed by atoms with Crippen LogP contribution in [0.25, 0.3) is 0 Å². The zero-order chi connectivity index (χ0) is 9.68. The Morgan fingerprint density at radius 1 is 1.54 bits per heavy atom. The Morgan fingerprint density at radius 2 is 2.31 bits per heavy atom. The molecule has 0 radical (unpaired) electrons. The van der Waals surface area contributed by atoms with Crippen molar-refractivity contribution in [3.63, 3.8) is 0 Å². The smallest absolute Gasteiger partial charge is 0.0587 e. The van der Waals surface area contributed by atoms with Crippen LogP contribution in [-0.4, -0.2) is 35.8 Å². The molecule has 1 fully saturated rings. The maximum Gasteiger partial charge on any atom is 0.0587 e. The SMILES string of the molecule is CC(C)C(CO)NCC1CCSC1. The summed E-state index contributed by atoms with van der Waals surface area (Å²) in [6, 6.07) is 0.283. The van der Waals surface area contributed by atoms with Crippen LogP contribution < -0.4 is 5.32 Å². The highest BCUT2D eigenvalue weighted by Crippen LogP contribution is 2.22. The Morgan fingerprint density at radius 3 is 2.77 bits per heavy atom. The lowest BCUT2D eigenvalue weighted by Crippen LogP contribution is -2.39. The fourth-order valence-corrected chi connectivity index (χ4v) is 2.86. The summed E-state index contributed by atoms with van der Waals surface area (Å²) in [7, 11) is 0. The van der Waals surface area contributed by atoms with Crippen LogP contribution >= 0.6 is 11.8 Å². The summed E-state index contributed by atoms with van der Waals surface area (Å²) in [5, 5.41) is 12.6. The molecule has 2 N–H and O–H groups in total. The first-order chi connectivity index (χ1) is 6.24. The highest BCUT2D eigenvalue weighted by molar-refractivity contribution is 7.99. The molecule has 78 valence electrons. The molecule has 0 aromatic heterocycles. The molecule has 1 rings (SSSR count).